The van der Waals surface area contributed by atoms with Gasteiger partial charge in [0.05, 0.1) is 11.6 Å². The van der Waals surface area contributed by atoms with E-state index in [1.165, 1.54) is 6.08 Å². The lowest BCUT2D eigenvalue weighted by Crippen LogP contribution is -1.99. The number of benzene rings is 2. The van der Waals surface area contributed by atoms with Crippen LogP contribution in [0.2, 0.25) is 0 Å². The molecule has 0 aromatic heterocycles. The molecule has 0 aliphatic rings. The van der Waals surface area contributed by atoms with E-state index in [0.717, 1.165) is 5.56 Å². The number of anilines is 1. The molecule has 3 heteroatoms. The maximum absolute atomic E-state index is 11.9. The standard InChI is InChI=1S/C16H12N2O/c17-11-13-7-5-12(6-8-13)9-10-16(19)14-3-1-2-4-15(14)18/h1-10H,18H2/b10-9+. The van der Waals surface area contributed by atoms with Crippen LogP contribution in [-0.2, 0) is 0 Å². The van der Waals surface area contributed by atoms with Crippen LogP contribution in [0.15, 0.2) is 54.6 Å². The van der Waals surface area contributed by atoms with E-state index in [-0.39, 0.29) is 5.78 Å². The molecular weight excluding hydrogens is 236 g/mol. The molecule has 2 aromatic carbocycles. The van der Waals surface area contributed by atoms with Crippen molar-refractivity contribution in [2.75, 3.05) is 5.73 Å². The summed E-state index contributed by atoms with van der Waals surface area (Å²) in [5.74, 6) is -0.137. The Hall–Kier alpha value is -2.86. The minimum Gasteiger partial charge on any atom is -0.398 e. The van der Waals surface area contributed by atoms with Crippen LogP contribution < -0.4 is 5.73 Å². The van der Waals surface area contributed by atoms with Gasteiger partial charge in [0, 0.05) is 11.3 Å². The van der Waals surface area contributed by atoms with E-state index in [9.17, 15) is 4.79 Å². The smallest absolute Gasteiger partial charge is 0.187 e. The summed E-state index contributed by atoms with van der Waals surface area (Å²) in [5, 5.41) is 8.69. The average Bonchev–Trinajstić information content (AvgIpc) is 2.46. The molecule has 0 fully saturated rings. The highest BCUT2D eigenvalue weighted by atomic mass is 16.1. The van der Waals surface area contributed by atoms with Crippen LogP contribution in [0.5, 0.6) is 0 Å². The molecule has 0 bridgehead atoms. The molecule has 0 radical (unpaired) electrons. The van der Waals surface area contributed by atoms with Crippen molar-refractivity contribution >= 4 is 17.5 Å². The van der Waals surface area contributed by atoms with Gasteiger partial charge in [-0.3, -0.25) is 4.79 Å². The number of allylic oxidation sites excluding steroid dienone is 1. The first-order valence-electron chi connectivity index (χ1n) is 5.78. The van der Waals surface area contributed by atoms with Crippen molar-refractivity contribution in [1.82, 2.24) is 0 Å². The normalized spacial score (nSPS) is 10.3. The third-order valence-electron chi connectivity index (χ3n) is 2.69. The van der Waals surface area contributed by atoms with Gasteiger partial charge in [0.1, 0.15) is 0 Å². The lowest BCUT2D eigenvalue weighted by Gasteiger charge is -2.00. The zero-order chi connectivity index (χ0) is 13.7. The van der Waals surface area contributed by atoms with Crippen molar-refractivity contribution in [2.45, 2.75) is 0 Å². The van der Waals surface area contributed by atoms with Crippen LogP contribution in [-0.4, -0.2) is 5.78 Å². The molecule has 0 saturated heterocycles. The Bertz CT molecular complexity index is 664. The zero-order valence-electron chi connectivity index (χ0n) is 10.2. The van der Waals surface area contributed by atoms with Crippen molar-refractivity contribution in [3.05, 3.63) is 71.3 Å². The van der Waals surface area contributed by atoms with Crippen LogP contribution in [0.25, 0.3) is 6.08 Å². The molecule has 3 nitrogen and oxygen atoms in total. The van der Waals surface area contributed by atoms with E-state index in [2.05, 4.69) is 0 Å². The maximum Gasteiger partial charge on any atom is 0.187 e. The van der Waals surface area contributed by atoms with E-state index in [4.69, 9.17) is 11.0 Å². The molecule has 0 atom stereocenters. The quantitative estimate of drug-likeness (QED) is 0.515. The number of nitriles is 1. The summed E-state index contributed by atoms with van der Waals surface area (Å²) in [6, 6.07) is 16.0. The van der Waals surface area contributed by atoms with Crippen LogP contribution in [0.4, 0.5) is 5.69 Å². The Morgan fingerprint density at radius 3 is 2.42 bits per heavy atom. The summed E-state index contributed by atoms with van der Waals surface area (Å²) in [4.78, 5) is 11.9. The fourth-order valence-corrected chi connectivity index (χ4v) is 1.65. The van der Waals surface area contributed by atoms with Gasteiger partial charge in [-0.1, -0.05) is 30.3 Å². The van der Waals surface area contributed by atoms with Crippen molar-refractivity contribution < 1.29 is 4.79 Å². The van der Waals surface area contributed by atoms with Gasteiger partial charge in [0.2, 0.25) is 0 Å². The number of hydrogen-bond acceptors (Lipinski definition) is 3. The predicted molar refractivity (Wildman–Crippen MR) is 75.4 cm³/mol. The second-order valence-electron chi connectivity index (χ2n) is 4.02. The number of nitrogen functional groups attached to an aromatic ring is 1. The van der Waals surface area contributed by atoms with Gasteiger partial charge in [-0.15, -0.1) is 0 Å². The summed E-state index contributed by atoms with van der Waals surface area (Å²) >= 11 is 0. The number of nitrogens with zero attached hydrogens (tertiary/aromatic N) is 1. The van der Waals surface area contributed by atoms with Gasteiger partial charge in [0.15, 0.2) is 5.78 Å². The molecule has 19 heavy (non-hydrogen) atoms. The Labute approximate surface area is 111 Å². The largest absolute Gasteiger partial charge is 0.398 e. The molecule has 0 saturated carbocycles. The maximum atomic E-state index is 11.9. The van der Waals surface area contributed by atoms with Gasteiger partial charge in [0.25, 0.3) is 0 Å². The lowest BCUT2D eigenvalue weighted by atomic mass is 10.1. The first kappa shape index (κ1) is 12.6. The molecule has 2 rings (SSSR count). The highest BCUT2D eigenvalue weighted by Gasteiger charge is 2.04. The number of para-hydroxylation sites is 1. The van der Waals surface area contributed by atoms with Crippen molar-refractivity contribution in [2.24, 2.45) is 0 Å². The van der Waals surface area contributed by atoms with Crippen LogP contribution in [0.1, 0.15) is 21.5 Å². The fraction of sp³-hybridized carbons (Fsp3) is 0. The van der Waals surface area contributed by atoms with Gasteiger partial charge >= 0.3 is 0 Å². The summed E-state index contributed by atoms with van der Waals surface area (Å²) in [6.45, 7) is 0. The Morgan fingerprint density at radius 2 is 1.79 bits per heavy atom. The molecule has 92 valence electrons. The first-order chi connectivity index (χ1) is 9.20. The third-order valence-corrected chi connectivity index (χ3v) is 2.69. The monoisotopic (exact) mass is 248 g/mol. The average molecular weight is 248 g/mol. The third kappa shape index (κ3) is 3.08. The molecule has 0 spiro atoms. The second-order valence-corrected chi connectivity index (χ2v) is 4.02. The molecule has 0 heterocycles. The summed E-state index contributed by atoms with van der Waals surface area (Å²) in [6.07, 6.45) is 3.18. The first-order valence-corrected chi connectivity index (χ1v) is 5.78. The SMILES string of the molecule is N#Cc1ccc(/C=C/C(=O)c2ccccc2N)cc1. The molecule has 0 aliphatic heterocycles. The van der Waals surface area contributed by atoms with Gasteiger partial charge < -0.3 is 5.73 Å². The van der Waals surface area contributed by atoms with E-state index in [1.807, 2.05) is 6.07 Å². The van der Waals surface area contributed by atoms with E-state index in [1.54, 1.807) is 54.6 Å². The van der Waals surface area contributed by atoms with Crippen LogP contribution in [0, 0.1) is 11.3 Å². The van der Waals surface area contributed by atoms with Gasteiger partial charge in [-0.25, -0.2) is 0 Å². The Balaban J connectivity index is 2.16. The van der Waals surface area contributed by atoms with E-state index >= 15 is 0 Å². The minimum absolute atomic E-state index is 0.137. The van der Waals surface area contributed by atoms with E-state index in [0.29, 0.717) is 16.8 Å². The van der Waals surface area contributed by atoms with Crippen molar-refractivity contribution in [1.29, 1.82) is 5.26 Å². The van der Waals surface area contributed by atoms with E-state index < -0.39 is 0 Å². The van der Waals surface area contributed by atoms with Crippen LogP contribution >= 0.6 is 0 Å². The molecule has 0 unspecified atom stereocenters. The molecule has 0 aliphatic carbocycles. The topological polar surface area (TPSA) is 66.9 Å². The molecule has 2 N–H and O–H groups in total. The zero-order valence-corrected chi connectivity index (χ0v) is 10.2. The fourth-order valence-electron chi connectivity index (χ4n) is 1.65. The molecule has 0 amide bonds. The summed E-state index contributed by atoms with van der Waals surface area (Å²) in [7, 11) is 0. The predicted octanol–water partition coefficient (Wildman–Crippen LogP) is 3.04. The Kier molecular flexibility index (Phi) is 3.75. The number of rotatable bonds is 3. The molecule has 2 aromatic rings. The number of hydrogen-bond donors (Lipinski definition) is 1. The van der Waals surface area contributed by atoms with Crippen molar-refractivity contribution in [3.8, 4) is 6.07 Å². The highest BCUT2D eigenvalue weighted by Crippen LogP contribution is 2.13. The Morgan fingerprint density at radius 1 is 1.11 bits per heavy atom. The highest BCUT2D eigenvalue weighted by molar-refractivity contribution is 6.10. The number of carbonyl (C=O) groups is 1. The summed E-state index contributed by atoms with van der Waals surface area (Å²) < 4.78 is 0. The van der Waals surface area contributed by atoms with Crippen molar-refractivity contribution in [3.63, 3.8) is 0 Å². The summed E-state index contributed by atoms with van der Waals surface area (Å²) in [5.41, 5.74) is 8.16. The minimum atomic E-state index is -0.137. The number of carbonyl (C=O) groups excluding carboxylic acids is 1. The molecular formula is C16H12N2O. The second kappa shape index (κ2) is 5.65. The lowest BCUT2D eigenvalue weighted by molar-refractivity contribution is 0.104. The number of nitrogens with two attached hydrogens (primary N) is 1. The van der Waals surface area contributed by atoms with Crippen LogP contribution in [0.3, 0.4) is 0 Å². The van der Waals surface area contributed by atoms with Gasteiger partial charge in [-0.2, -0.15) is 5.26 Å². The number of ketones is 1. The van der Waals surface area contributed by atoms with Gasteiger partial charge in [-0.05, 0) is 35.9 Å².